The van der Waals surface area contributed by atoms with Gasteiger partial charge in [0.2, 0.25) is 5.91 Å². The lowest BCUT2D eigenvalue weighted by atomic mass is 9.85. The summed E-state index contributed by atoms with van der Waals surface area (Å²) in [4.78, 5) is 27.9. The highest BCUT2D eigenvalue weighted by atomic mass is 32.1. The van der Waals surface area contributed by atoms with Crippen LogP contribution in [0, 0.1) is 10.8 Å². The summed E-state index contributed by atoms with van der Waals surface area (Å²) >= 11 is 4.24. The molecule has 3 atom stereocenters. The van der Waals surface area contributed by atoms with E-state index >= 15 is 0 Å². The average molecular weight is 430 g/mol. The third-order valence-electron chi connectivity index (χ3n) is 5.54. The Morgan fingerprint density at radius 1 is 1.14 bits per heavy atom. The van der Waals surface area contributed by atoms with Crippen molar-refractivity contribution >= 4 is 24.8 Å². The summed E-state index contributed by atoms with van der Waals surface area (Å²) in [5.41, 5.74) is -0.495. The normalized spacial score (nSPS) is 19.9. The Morgan fingerprint density at radius 3 is 2.21 bits per heavy atom. The first-order chi connectivity index (χ1) is 13.2. The summed E-state index contributed by atoms with van der Waals surface area (Å²) in [6.45, 7) is 17.4. The molecule has 0 saturated carbocycles. The molecule has 1 heterocycles. The molecule has 0 bridgehead atoms. The van der Waals surface area contributed by atoms with Crippen molar-refractivity contribution in [2.75, 3.05) is 33.2 Å². The summed E-state index contributed by atoms with van der Waals surface area (Å²) < 4.78 is 1.82. The zero-order valence-corrected chi connectivity index (χ0v) is 20.5. The number of nitrogens with one attached hydrogen (secondary N) is 3. The van der Waals surface area contributed by atoms with E-state index in [1.54, 1.807) is 0 Å². The minimum Gasteiger partial charge on any atom is -0.338 e. The zero-order chi connectivity index (χ0) is 22.4. The van der Waals surface area contributed by atoms with Gasteiger partial charge in [0, 0.05) is 38.3 Å². The van der Waals surface area contributed by atoms with Gasteiger partial charge in [-0.25, -0.2) is 4.79 Å². The Kier molecular flexibility index (Phi) is 9.76. The van der Waals surface area contributed by atoms with E-state index in [0.717, 1.165) is 32.5 Å². The molecular formula is C21H43N5O2S. The van der Waals surface area contributed by atoms with Crippen LogP contribution in [0.4, 0.5) is 4.79 Å². The zero-order valence-electron chi connectivity index (χ0n) is 19.6. The SMILES string of the molecule is CC1CCCN1C(=O)C(NC(=O)NC(CNCCN(C)S)C(C)(C)C)C(C)(C)C. The van der Waals surface area contributed by atoms with Crippen LogP contribution in [0.25, 0.3) is 0 Å². The van der Waals surface area contributed by atoms with Crippen molar-refractivity contribution in [3.63, 3.8) is 0 Å². The molecule has 7 nitrogen and oxygen atoms in total. The van der Waals surface area contributed by atoms with Crippen molar-refractivity contribution in [2.24, 2.45) is 10.8 Å². The highest BCUT2D eigenvalue weighted by Gasteiger charge is 2.39. The number of likely N-dealkylation sites (tertiary alicyclic amines) is 1. The molecule has 1 aliphatic heterocycles. The molecule has 3 N–H and O–H groups in total. The summed E-state index contributed by atoms with van der Waals surface area (Å²) in [7, 11) is 1.91. The number of carbonyl (C=O) groups excluding carboxylic acids is 2. The fourth-order valence-corrected chi connectivity index (χ4v) is 3.57. The molecule has 0 aromatic heterocycles. The number of amides is 3. The van der Waals surface area contributed by atoms with Gasteiger partial charge in [-0.05, 0) is 37.6 Å². The highest BCUT2D eigenvalue weighted by Crippen LogP contribution is 2.25. The Hall–Kier alpha value is -0.990. The molecule has 1 rings (SSSR count). The molecule has 170 valence electrons. The van der Waals surface area contributed by atoms with Crippen LogP contribution < -0.4 is 16.0 Å². The number of carbonyl (C=O) groups is 2. The van der Waals surface area contributed by atoms with Crippen LogP contribution in [0.5, 0.6) is 0 Å². The molecule has 0 spiro atoms. The number of hydrogen-bond acceptors (Lipinski definition) is 5. The molecule has 1 fully saturated rings. The maximum atomic E-state index is 13.2. The molecular weight excluding hydrogens is 386 g/mol. The van der Waals surface area contributed by atoms with Crippen LogP contribution in [-0.2, 0) is 4.79 Å². The summed E-state index contributed by atoms with van der Waals surface area (Å²) in [6, 6.07) is -0.699. The number of hydrogen-bond donors (Lipinski definition) is 4. The van der Waals surface area contributed by atoms with Crippen molar-refractivity contribution in [1.29, 1.82) is 0 Å². The second-order valence-corrected chi connectivity index (χ2v) is 11.1. The predicted molar refractivity (Wildman–Crippen MR) is 123 cm³/mol. The van der Waals surface area contributed by atoms with E-state index in [4.69, 9.17) is 0 Å². The smallest absolute Gasteiger partial charge is 0.315 e. The van der Waals surface area contributed by atoms with Gasteiger partial charge in [-0.15, -0.1) is 0 Å². The molecule has 0 aromatic carbocycles. The predicted octanol–water partition coefficient (Wildman–Crippen LogP) is 2.49. The molecule has 3 amide bonds. The lowest BCUT2D eigenvalue weighted by molar-refractivity contribution is -0.136. The monoisotopic (exact) mass is 429 g/mol. The molecule has 1 saturated heterocycles. The summed E-state index contributed by atoms with van der Waals surface area (Å²) in [5.74, 6) is 0.0138. The average Bonchev–Trinajstić information content (AvgIpc) is 2.98. The van der Waals surface area contributed by atoms with Crippen molar-refractivity contribution in [2.45, 2.75) is 79.4 Å². The van der Waals surface area contributed by atoms with E-state index in [1.165, 1.54) is 0 Å². The number of rotatable bonds is 8. The fraction of sp³-hybridized carbons (Fsp3) is 0.905. The molecule has 29 heavy (non-hydrogen) atoms. The Labute approximate surface area is 183 Å². The fourth-order valence-electron chi connectivity index (χ4n) is 3.47. The Morgan fingerprint density at radius 2 is 1.76 bits per heavy atom. The number of urea groups is 1. The van der Waals surface area contributed by atoms with Crippen LogP contribution in [-0.4, -0.2) is 72.5 Å². The van der Waals surface area contributed by atoms with Gasteiger partial charge in [-0.2, -0.15) is 0 Å². The first kappa shape index (κ1) is 26.0. The molecule has 0 aliphatic carbocycles. The Bertz CT molecular complexity index is 542. The van der Waals surface area contributed by atoms with Crippen LogP contribution >= 0.6 is 12.8 Å². The Balaban J connectivity index is 2.77. The highest BCUT2D eigenvalue weighted by molar-refractivity contribution is 7.77. The van der Waals surface area contributed by atoms with Gasteiger partial charge >= 0.3 is 6.03 Å². The molecule has 1 aliphatic rings. The lowest BCUT2D eigenvalue weighted by Crippen LogP contribution is -2.60. The van der Waals surface area contributed by atoms with Crippen LogP contribution in [0.2, 0.25) is 0 Å². The first-order valence-corrected chi connectivity index (χ1v) is 11.1. The van der Waals surface area contributed by atoms with Gasteiger partial charge in [-0.1, -0.05) is 54.4 Å². The van der Waals surface area contributed by atoms with Crippen molar-refractivity contribution < 1.29 is 9.59 Å². The maximum absolute atomic E-state index is 13.2. The van der Waals surface area contributed by atoms with Crippen LogP contribution in [0.3, 0.4) is 0 Å². The van der Waals surface area contributed by atoms with Gasteiger partial charge in [0.25, 0.3) is 0 Å². The van der Waals surface area contributed by atoms with Gasteiger partial charge < -0.3 is 20.9 Å². The van der Waals surface area contributed by atoms with E-state index in [-0.39, 0.29) is 34.9 Å². The molecule has 0 radical (unpaired) electrons. The van der Waals surface area contributed by atoms with E-state index in [1.807, 2.05) is 37.0 Å². The van der Waals surface area contributed by atoms with E-state index in [2.05, 4.69) is 56.5 Å². The standard InChI is InChI=1S/C21H43N5O2S/c1-15-10-9-12-26(15)18(27)17(21(5,6)7)24-19(28)23-16(20(2,3)4)14-22-11-13-25(8)29/h15-17,22,29H,9-14H2,1-8H3,(H2,23,24,28). The van der Waals surface area contributed by atoms with E-state index in [9.17, 15) is 9.59 Å². The second-order valence-electron chi connectivity index (χ2n) is 10.4. The van der Waals surface area contributed by atoms with Crippen LogP contribution in [0.15, 0.2) is 0 Å². The first-order valence-electron chi connectivity index (χ1n) is 10.7. The largest absolute Gasteiger partial charge is 0.338 e. The van der Waals surface area contributed by atoms with Gasteiger partial charge in [0.1, 0.15) is 6.04 Å². The summed E-state index contributed by atoms with van der Waals surface area (Å²) in [5, 5.41) is 9.44. The van der Waals surface area contributed by atoms with Gasteiger partial charge in [0.15, 0.2) is 0 Å². The van der Waals surface area contributed by atoms with Gasteiger partial charge in [0.05, 0.1) is 0 Å². The number of thiol groups is 1. The van der Waals surface area contributed by atoms with Crippen molar-refractivity contribution in [3.8, 4) is 0 Å². The van der Waals surface area contributed by atoms with E-state index in [0.29, 0.717) is 6.54 Å². The van der Waals surface area contributed by atoms with E-state index < -0.39 is 6.04 Å². The minimum absolute atomic E-state index is 0.0138. The van der Waals surface area contributed by atoms with Crippen molar-refractivity contribution in [3.05, 3.63) is 0 Å². The topological polar surface area (TPSA) is 76.7 Å². The molecule has 3 unspecified atom stereocenters. The maximum Gasteiger partial charge on any atom is 0.315 e. The summed E-state index contributed by atoms with van der Waals surface area (Å²) in [6.07, 6.45) is 2.04. The molecule has 8 heteroatoms. The van der Waals surface area contributed by atoms with Gasteiger partial charge in [-0.3, -0.25) is 9.10 Å². The number of likely N-dealkylation sites (N-methyl/N-ethyl adjacent to an activating group) is 1. The lowest BCUT2D eigenvalue weighted by Gasteiger charge is -2.37. The van der Waals surface area contributed by atoms with Crippen LogP contribution in [0.1, 0.15) is 61.3 Å². The third kappa shape index (κ3) is 8.72. The van der Waals surface area contributed by atoms with Crippen molar-refractivity contribution in [1.82, 2.24) is 25.2 Å². The minimum atomic E-state index is -0.561. The third-order valence-corrected chi connectivity index (χ3v) is 5.74. The quantitative estimate of drug-likeness (QED) is 0.353. The number of nitrogens with zero attached hydrogens (tertiary/aromatic N) is 2. The second kappa shape index (κ2) is 10.9. The molecule has 0 aromatic rings.